The second-order valence-corrected chi connectivity index (χ2v) is 3.36. The maximum absolute atomic E-state index is 11.8. The summed E-state index contributed by atoms with van der Waals surface area (Å²) in [6, 6.07) is 6.55. The highest BCUT2D eigenvalue weighted by Gasteiger charge is 2.37. The fraction of sp³-hybridized carbons (Fsp3) is 0.167. The van der Waals surface area contributed by atoms with Crippen molar-refractivity contribution in [2.75, 3.05) is 0 Å². The first-order chi connectivity index (χ1) is 7.65. The number of carbonyl (C=O) groups is 2. The molecule has 0 aliphatic carbocycles. The van der Waals surface area contributed by atoms with Crippen molar-refractivity contribution in [1.82, 2.24) is 5.06 Å². The summed E-state index contributed by atoms with van der Waals surface area (Å²) in [5.41, 5.74) is 0.688. The Balaban J connectivity index is 2.33. The number of hydrogen-bond acceptors (Lipinski definition) is 3. The number of nitrogens with zero attached hydrogens (tertiary/aromatic N) is 1. The van der Waals surface area contributed by atoms with E-state index in [-0.39, 0.29) is 0 Å². The molecule has 2 rings (SSSR count). The molecular formula is C12H9NO3. The van der Waals surface area contributed by atoms with E-state index >= 15 is 0 Å². The van der Waals surface area contributed by atoms with Crippen LogP contribution in [-0.4, -0.2) is 23.0 Å². The maximum Gasteiger partial charge on any atom is 0.285 e. The maximum atomic E-state index is 11.8. The van der Waals surface area contributed by atoms with E-state index in [0.717, 1.165) is 5.06 Å². The van der Waals surface area contributed by atoms with Crippen LogP contribution in [-0.2, 0) is 4.84 Å². The smallest absolute Gasteiger partial charge is 0.266 e. The Labute approximate surface area is 92.8 Å². The van der Waals surface area contributed by atoms with Gasteiger partial charge in [0.25, 0.3) is 11.8 Å². The zero-order valence-electron chi connectivity index (χ0n) is 8.64. The summed E-state index contributed by atoms with van der Waals surface area (Å²) in [6.07, 6.45) is 4.50. The number of fused-ring (bicyclic) bond motifs is 1. The van der Waals surface area contributed by atoms with E-state index in [1.54, 1.807) is 31.2 Å². The van der Waals surface area contributed by atoms with Crippen LogP contribution in [0.1, 0.15) is 27.6 Å². The average Bonchev–Trinajstić information content (AvgIpc) is 2.55. The number of hydroxylamine groups is 2. The Bertz CT molecular complexity index is 466. The van der Waals surface area contributed by atoms with E-state index in [1.165, 1.54) is 0 Å². The lowest BCUT2D eigenvalue weighted by Gasteiger charge is -2.15. The summed E-state index contributed by atoms with van der Waals surface area (Å²) in [6.45, 7) is 1.59. The molecule has 1 heterocycles. The first-order valence-corrected chi connectivity index (χ1v) is 4.76. The monoisotopic (exact) mass is 215 g/mol. The number of carbonyl (C=O) groups excluding carboxylic acids is 2. The van der Waals surface area contributed by atoms with Gasteiger partial charge in [-0.2, -0.15) is 0 Å². The Kier molecular flexibility index (Phi) is 2.47. The molecule has 1 atom stereocenters. The first-order valence-electron chi connectivity index (χ1n) is 4.76. The highest BCUT2D eigenvalue weighted by molar-refractivity contribution is 6.20. The zero-order chi connectivity index (χ0) is 11.7. The molecule has 4 nitrogen and oxygen atoms in total. The molecule has 1 aromatic rings. The van der Waals surface area contributed by atoms with Gasteiger partial charge in [-0.1, -0.05) is 18.1 Å². The molecule has 0 saturated heterocycles. The van der Waals surface area contributed by atoms with Crippen LogP contribution in [0.2, 0.25) is 0 Å². The van der Waals surface area contributed by atoms with E-state index in [9.17, 15) is 9.59 Å². The topological polar surface area (TPSA) is 46.6 Å². The first kappa shape index (κ1) is 10.4. The number of terminal acetylenes is 1. The molecule has 1 aromatic carbocycles. The van der Waals surface area contributed by atoms with Gasteiger partial charge in [0, 0.05) is 0 Å². The van der Waals surface area contributed by atoms with Gasteiger partial charge in [-0.3, -0.25) is 9.59 Å². The summed E-state index contributed by atoms with van der Waals surface area (Å²) in [5, 5.41) is 0.717. The van der Waals surface area contributed by atoms with E-state index in [0.29, 0.717) is 11.1 Å². The predicted molar refractivity (Wildman–Crippen MR) is 56.3 cm³/mol. The molecule has 16 heavy (non-hydrogen) atoms. The van der Waals surface area contributed by atoms with E-state index in [1.807, 2.05) is 0 Å². The van der Waals surface area contributed by atoms with Crippen LogP contribution in [0, 0.1) is 12.3 Å². The van der Waals surface area contributed by atoms with Crippen molar-refractivity contribution in [3.63, 3.8) is 0 Å². The summed E-state index contributed by atoms with van der Waals surface area (Å²) in [4.78, 5) is 28.6. The van der Waals surface area contributed by atoms with E-state index < -0.39 is 17.9 Å². The highest BCUT2D eigenvalue weighted by Crippen LogP contribution is 2.23. The lowest BCUT2D eigenvalue weighted by atomic mass is 10.1. The van der Waals surface area contributed by atoms with E-state index in [4.69, 9.17) is 11.3 Å². The van der Waals surface area contributed by atoms with Crippen molar-refractivity contribution in [2.45, 2.75) is 13.0 Å². The van der Waals surface area contributed by atoms with Crippen molar-refractivity contribution in [3.8, 4) is 12.3 Å². The second-order valence-electron chi connectivity index (χ2n) is 3.36. The van der Waals surface area contributed by atoms with Crippen LogP contribution >= 0.6 is 0 Å². The van der Waals surface area contributed by atoms with Crippen molar-refractivity contribution < 1.29 is 14.4 Å². The van der Waals surface area contributed by atoms with Gasteiger partial charge in [0.05, 0.1) is 11.1 Å². The fourth-order valence-electron chi connectivity index (χ4n) is 1.45. The lowest BCUT2D eigenvalue weighted by Crippen LogP contribution is -2.33. The largest absolute Gasteiger partial charge is 0.285 e. The summed E-state index contributed by atoms with van der Waals surface area (Å²) >= 11 is 0. The number of rotatable bonds is 2. The number of hydrogen-bond donors (Lipinski definition) is 0. The van der Waals surface area contributed by atoms with Crippen molar-refractivity contribution in [3.05, 3.63) is 35.4 Å². The van der Waals surface area contributed by atoms with Gasteiger partial charge in [0.1, 0.15) is 6.10 Å². The van der Waals surface area contributed by atoms with E-state index in [2.05, 4.69) is 5.92 Å². The van der Waals surface area contributed by atoms with Crippen LogP contribution in [0.5, 0.6) is 0 Å². The molecule has 0 fully saturated rings. The van der Waals surface area contributed by atoms with Crippen LogP contribution in [0.4, 0.5) is 0 Å². The van der Waals surface area contributed by atoms with Crippen LogP contribution in [0.25, 0.3) is 0 Å². The number of imide groups is 1. The van der Waals surface area contributed by atoms with Crippen molar-refractivity contribution >= 4 is 11.8 Å². The molecule has 0 bridgehead atoms. The minimum absolute atomic E-state index is 0.344. The molecule has 0 spiro atoms. The van der Waals surface area contributed by atoms with Crippen molar-refractivity contribution in [1.29, 1.82) is 0 Å². The normalized spacial score (nSPS) is 15.9. The quantitative estimate of drug-likeness (QED) is 0.550. The zero-order valence-corrected chi connectivity index (χ0v) is 8.64. The Morgan fingerprint density at radius 1 is 1.25 bits per heavy atom. The summed E-state index contributed by atoms with van der Waals surface area (Å²) < 4.78 is 0. The minimum Gasteiger partial charge on any atom is -0.266 e. The Hall–Kier alpha value is -2.12. The van der Waals surface area contributed by atoms with Gasteiger partial charge in [-0.15, -0.1) is 11.5 Å². The molecule has 4 heteroatoms. The fourth-order valence-corrected chi connectivity index (χ4v) is 1.45. The molecule has 0 unspecified atom stereocenters. The Morgan fingerprint density at radius 2 is 1.75 bits per heavy atom. The van der Waals surface area contributed by atoms with Crippen molar-refractivity contribution in [2.24, 2.45) is 0 Å². The molecule has 1 aliphatic rings. The second kappa shape index (κ2) is 3.80. The highest BCUT2D eigenvalue weighted by atomic mass is 16.7. The predicted octanol–water partition coefficient (Wildman–Crippen LogP) is 1.24. The molecule has 80 valence electrons. The third-order valence-corrected chi connectivity index (χ3v) is 2.26. The standard InChI is InChI=1S/C12H9NO3/c1-3-8(2)16-13-11(14)9-6-4-5-7-10(9)12(13)15/h1,4-8H,2H3/t8-/m1/s1. The van der Waals surface area contributed by atoms with Gasteiger partial charge in [-0.25, -0.2) is 4.84 Å². The van der Waals surface area contributed by atoms with Crippen LogP contribution in [0.3, 0.4) is 0 Å². The number of benzene rings is 1. The molecule has 0 radical (unpaired) electrons. The van der Waals surface area contributed by atoms with Crippen LogP contribution in [0.15, 0.2) is 24.3 Å². The summed E-state index contributed by atoms with van der Waals surface area (Å²) in [7, 11) is 0. The van der Waals surface area contributed by atoms with Gasteiger partial charge in [0.2, 0.25) is 0 Å². The van der Waals surface area contributed by atoms with Crippen LogP contribution < -0.4 is 0 Å². The SMILES string of the molecule is C#C[C@@H](C)ON1C(=O)c2ccccc2C1=O. The van der Waals surface area contributed by atoms with Gasteiger partial charge in [0.15, 0.2) is 0 Å². The third-order valence-electron chi connectivity index (χ3n) is 2.26. The minimum atomic E-state index is -0.623. The van der Waals surface area contributed by atoms with Gasteiger partial charge >= 0.3 is 0 Å². The third kappa shape index (κ3) is 1.47. The molecular weight excluding hydrogens is 206 g/mol. The molecule has 0 saturated carbocycles. The lowest BCUT2D eigenvalue weighted by molar-refractivity contribution is -0.108. The summed E-state index contributed by atoms with van der Waals surface area (Å²) in [5.74, 6) is 1.35. The number of amides is 2. The molecule has 1 aliphatic heterocycles. The molecule has 0 aromatic heterocycles. The Morgan fingerprint density at radius 3 is 2.19 bits per heavy atom. The average molecular weight is 215 g/mol. The molecule has 0 N–H and O–H groups in total. The van der Waals surface area contributed by atoms with Gasteiger partial charge in [-0.05, 0) is 19.1 Å². The molecule has 2 amide bonds. The van der Waals surface area contributed by atoms with Gasteiger partial charge < -0.3 is 0 Å².